The molecule has 1 amide bonds. The van der Waals surface area contributed by atoms with Crippen molar-refractivity contribution in [2.24, 2.45) is 0 Å². The first-order valence-electron chi connectivity index (χ1n) is 8.46. The molecule has 0 aliphatic carbocycles. The highest BCUT2D eigenvalue weighted by molar-refractivity contribution is 7.89. The van der Waals surface area contributed by atoms with Gasteiger partial charge in [0.15, 0.2) is 0 Å². The van der Waals surface area contributed by atoms with Gasteiger partial charge in [-0.05, 0) is 48.5 Å². The summed E-state index contributed by atoms with van der Waals surface area (Å²) in [4.78, 5) is 16.3. The average molecular weight is 467 g/mol. The summed E-state index contributed by atoms with van der Waals surface area (Å²) in [6, 6.07) is 12.9. The van der Waals surface area contributed by atoms with Gasteiger partial charge >= 0.3 is 0 Å². The van der Waals surface area contributed by atoms with Gasteiger partial charge in [-0.15, -0.1) is 0 Å². The lowest BCUT2D eigenvalue weighted by atomic mass is 10.0. The third kappa shape index (κ3) is 5.41. The number of hydrogen-bond donors (Lipinski definition) is 1. The highest BCUT2D eigenvalue weighted by Crippen LogP contribution is 2.35. The number of ether oxygens (including phenoxy) is 2. The van der Waals surface area contributed by atoms with Crippen LogP contribution in [0.1, 0.15) is 10.4 Å². The number of amides is 1. The van der Waals surface area contributed by atoms with E-state index in [1.54, 1.807) is 42.6 Å². The minimum Gasteiger partial charge on any atom is -0.496 e. The fraction of sp³-hybridized carbons (Fsp3) is 0.100. The molecule has 0 aliphatic heterocycles. The Kier molecular flexibility index (Phi) is 6.50. The van der Waals surface area contributed by atoms with Crippen molar-refractivity contribution in [1.29, 1.82) is 0 Å². The second-order valence-electron chi connectivity index (χ2n) is 6.19. The van der Waals surface area contributed by atoms with Crippen molar-refractivity contribution >= 4 is 39.1 Å². The molecule has 0 radical (unpaired) electrons. The lowest BCUT2D eigenvalue weighted by molar-refractivity contribution is 0.0981. The number of nitrogens with zero attached hydrogens (tertiary/aromatic N) is 1. The van der Waals surface area contributed by atoms with Gasteiger partial charge in [-0.2, -0.15) is 0 Å². The fourth-order valence-electron chi connectivity index (χ4n) is 2.56. The van der Waals surface area contributed by atoms with Gasteiger partial charge in [-0.1, -0.05) is 23.2 Å². The molecule has 1 aromatic heterocycles. The molecule has 0 fully saturated rings. The topological polar surface area (TPSA) is 94.6 Å². The number of carbonyl (C=O) groups is 1. The smallest absolute Gasteiger partial charge is 0.264 e. The summed E-state index contributed by atoms with van der Waals surface area (Å²) in [6.45, 7) is 0. The Morgan fingerprint density at radius 1 is 1.07 bits per heavy atom. The van der Waals surface area contributed by atoms with Crippen LogP contribution >= 0.6 is 23.2 Å². The van der Waals surface area contributed by atoms with Gasteiger partial charge in [0, 0.05) is 27.9 Å². The minimum absolute atomic E-state index is 0.128. The molecule has 0 aliphatic rings. The molecule has 3 aromatic rings. The Morgan fingerprint density at radius 3 is 2.37 bits per heavy atom. The number of rotatable bonds is 6. The maximum Gasteiger partial charge on any atom is 0.264 e. The highest BCUT2D eigenvalue weighted by atomic mass is 35.5. The summed E-state index contributed by atoms with van der Waals surface area (Å²) in [7, 11) is -2.25. The normalized spacial score (nSPS) is 11.1. The Labute approximate surface area is 183 Å². The largest absolute Gasteiger partial charge is 0.496 e. The number of carbonyl (C=O) groups excluding carboxylic acids is 1. The van der Waals surface area contributed by atoms with E-state index in [0.29, 0.717) is 27.6 Å². The van der Waals surface area contributed by atoms with Crippen LogP contribution in [0.5, 0.6) is 17.4 Å². The van der Waals surface area contributed by atoms with Gasteiger partial charge in [0.1, 0.15) is 16.5 Å². The van der Waals surface area contributed by atoms with Crippen molar-refractivity contribution in [3.8, 4) is 28.5 Å². The first kappa shape index (κ1) is 21.9. The third-order valence-electron chi connectivity index (χ3n) is 3.89. The molecule has 7 nitrogen and oxygen atoms in total. The Morgan fingerprint density at radius 2 is 1.77 bits per heavy atom. The summed E-state index contributed by atoms with van der Waals surface area (Å²) >= 11 is 12.2. The Bertz CT molecular complexity index is 1200. The van der Waals surface area contributed by atoms with E-state index >= 15 is 0 Å². The van der Waals surface area contributed by atoms with E-state index in [4.69, 9.17) is 32.7 Å². The first-order valence-corrected chi connectivity index (χ1v) is 11.1. The SMILES string of the molecule is COc1cc(C(=O)NS(C)(=O)=O)ccc1-c1cnc(Oc2ccc(Cl)cc2)c(Cl)c1. The van der Waals surface area contributed by atoms with Crippen molar-refractivity contribution in [1.82, 2.24) is 9.71 Å². The molecule has 0 spiro atoms. The lowest BCUT2D eigenvalue weighted by Gasteiger charge is -2.12. The van der Waals surface area contributed by atoms with Crippen molar-refractivity contribution < 1.29 is 22.7 Å². The van der Waals surface area contributed by atoms with Crippen LogP contribution in [-0.2, 0) is 10.0 Å². The van der Waals surface area contributed by atoms with Crippen LogP contribution in [0.25, 0.3) is 11.1 Å². The number of methoxy groups -OCH3 is 1. The molecule has 0 saturated heterocycles. The number of halogens is 2. The zero-order valence-electron chi connectivity index (χ0n) is 15.8. The summed E-state index contributed by atoms with van der Waals surface area (Å²) in [5.41, 5.74) is 1.36. The van der Waals surface area contributed by atoms with E-state index in [0.717, 1.165) is 6.26 Å². The van der Waals surface area contributed by atoms with Gasteiger partial charge < -0.3 is 9.47 Å². The van der Waals surface area contributed by atoms with E-state index in [9.17, 15) is 13.2 Å². The number of benzene rings is 2. The molecular weight excluding hydrogens is 451 g/mol. The molecule has 1 heterocycles. The number of hydrogen-bond acceptors (Lipinski definition) is 6. The molecule has 10 heteroatoms. The van der Waals surface area contributed by atoms with E-state index in [1.165, 1.54) is 19.2 Å². The van der Waals surface area contributed by atoms with Crippen molar-refractivity contribution in [3.05, 3.63) is 70.3 Å². The van der Waals surface area contributed by atoms with Crippen LogP contribution in [0.4, 0.5) is 0 Å². The van der Waals surface area contributed by atoms with Gasteiger partial charge in [-0.3, -0.25) is 4.79 Å². The van der Waals surface area contributed by atoms with Gasteiger partial charge in [0.2, 0.25) is 15.9 Å². The highest BCUT2D eigenvalue weighted by Gasteiger charge is 2.16. The van der Waals surface area contributed by atoms with Gasteiger partial charge in [0.25, 0.3) is 5.91 Å². The predicted molar refractivity (Wildman–Crippen MR) is 115 cm³/mol. The predicted octanol–water partition coefficient (Wildman–Crippen LogP) is 4.55. The van der Waals surface area contributed by atoms with Crippen molar-refractivity contribution in [2.45, 2.75) is 0 Å². The maximum absolute atomic E-state index is 12.1. The molecule has 1 N–H and O–H groups in total. The number of nitrogens with one attached hydrogen (secondary N) is 1. The van der Waals surface area contributed by atoms with Crippen LogP contribution in [-0.4, -0.2) is 32.7 Å². The third-order valence-corrected chi connectivity index (χ3v) is 4.97. The van der Waals surface area contributed by atoms with E-state index in [1.807, 2.05) is 4.72 Å². The van der Waals surface area contributed by atoms with Crippen molar-refractivity contribution in [2.75, 3.05) is 13.4 Å². The summed E-state index contributed by atoms with van der Waals surface area (Å²) in [6.07, 6.45) is 2.45. The standard InChI is InChI=1S/C20H16Cl2N2O5S/c1-28-18-10-12(19(25)24-30(2,26)27)3-8-16(18)13-9-17(22)20(23-11-13)29-15-6-4-14(21)5-7-15/h3-11H,1-2H3,(H,24,25). The Balaban J connectivity index is 1.88. The maximum atomic E-state index is 12.1. The molecule has 30 heavy (non-hydrogen) atoms. The molecule has 0 bridgehead atoms. The zero-order chi connectivity index (χ0) is 21.9. The lowest BCUT2D eigenvalue weighted by Crippen LogP contribution is -2.29. The minimum atomic E-state index is -3.68. The van der Waals surface area contributed by atoms with E-state index in [-0.39, 0.29) is 16.5 Å². The van der Waals surface area contributed by atoms with Gasteiger partial charge in [0.05, 0.1) is 13.4 Å². The summed E-state index contributed by atoms with van der Waals surface area (Å²) in [5.74, 6) is 0.330. The number of pyridine rings is 1. The zero-order valence-corrected chi connectivity index (χ0v) is 18.2. The van der Waals surface area contributed by atoms with Crippen LogP contribution in [0.3, 0.4) is 0 Å². The molecule has 156 valence electrons. The Hall–Kier alpha value is -2.81. The van der Waals surface area contributed by atoms with Crippen LogP contribution < -0.4 is 14.2 Å². The van der Waals surface area contributed by atoms with Crippen LogP contribution in [0.15, 0.2) is 54.7 Å². The number of sulfonamides is 1. The van der Waals surface area contributed by atoms with Crippen molar-refractivity contribution in [3.63, 3.8) is 0 Å². The summed E-state index contributed by atoms with van der Waals surface area (Å²) in [5, 5.41) is 0.848. The number of aromatic nitrogens is 1. The second-order valence-corrected chi connectivity index (χ2v) is 8.78. The monoisotopic (exact) mass is 466 g/mol. The molecule has 3 rings (SSSR count). The van der Waals surface area contributed by atoms with Crippen LogP contribution in [0.2, 0.25) is 10.0 Å². The average Bonchev–Trinajstić information content (AvgIpc) is 2.69. The molecule has 2 aromatic carbocycles. The first-order chi connectivity index (χ1) is 14.2. The van der Waals surface area contributed by atoms with Gasteiger partial charge in [-0.25, -0.2) is 18.1 Å². The second kappa shape index (κ2) is 8.91. The van der Waals surface area contributed by atoms with E-state index in [2.05, 4.69) is 4.98 Å². The van der Waals surface area contributed by atoms with E-state index < -0.39 is 15.9 Å². The molecule has 0 saturated carbocycles. The summed E-state index contributed by atoms with van der Waals surface area (Å²) < 4.78 is 35.5. The molecular formula is C20H16Cl2N2O5S. The molecule has 0 unspecified atom stereocenters. The molecule has 0 atom stereocenters. The fourth-order valence-corrected chi connectivity index (χ4v) is 3.35. The quantitative estimate of drug-likeness (QED) is 0.572. The van der Waals surface area contributed by atoms with Crippen LogP contribution in [0, 0.1) is 0 Å².